The molecule has 5 nitrogen and oxygen atoms in total. The molecular formula is C19H27N5. The smallest absolute Gasteiger partial charge is 0.126 e. The topological polar surface area (TPSA) is 47.7 Å². The summed E-state index contributed by atoms with van der Waals surface area (Å²) in [5.74, 6) is 1.58. The number of nitrogens with one attached hydrogen (secondary N) is 1. The molecule has 0 aliphatic heterocycles. The van der Waals surface area contributed by atoms with Crippen LogP contribution in [0.4, 0.5) is 0 Å². The number of aryl methyl sites for hydroxylation is 3. The van der Waals surface area contributed by atoms with Gasteiger partial charge in [0.2, 0.25) is 0 Å². The first-order valence-electron chi connectivity index (χ1n) is 8.61. The first kappa shape index (κ1) is 16.7. The summed E-state index contributed by atoms with van der Waals surface area (Å²) in [6, 6.07) is 10.6. The molecule has 3 rings (SSSR count). The maximum atomic E-state index is 4.77. The number of fused-ring (bicyclic) bond motifs is 1. The number of imidazole rings is 1. The monoisotopic (exact) mass is 325 g/mol. The fourth-order valence-corrected chi connectivity index (χ4v) is 3.24. The highest BCUT2D eigenvalue weighted by Crippen LogP contribution is 2.19. The van der Waals surface area contributed by atoms with Gasteiger partial charge in [-0.1, -0.05) is 19.1 Å². The average molecular weight is 325 g/mol. The lowest BCUT2D eigenvalue weighted by Crippen LogP contribution is -2.28. The second-order valence-corrected chi connectivity index (χ2v) is 6.86. The van der Waals surface area contributed by atoms with Gasteiger partial charge in [-0.15, -0.1) is 0 Å². The van der Waals surface area contributed by atoms with Crippen LogP contribution < -0.4 is 5.32 Å². The molecule has 1 aromatic carbocycles. The standard InChI is InChI=1S/C19H27N5/c1-13(12-24-15(3)10-14(2)22-24)11-20-16(4)19-21-17-8-6-7-9-18(17)23(19)5/h6-10,13,16,20H,11-12H2,1-5H3. The van der Waals surface area contributed by atoms with Gasteiger partial charge >= 0.3 is 0 Å². The first-order valence-corrected chi connectivity index (χ1v) is 8.61. The van der Waals surface area contributed by atoms with E-state index in [-0.39, 0.29) is 6.04 Å². The Kier molecular flexibility index (Phi) is 4.71. The molecule has 1 N–H and O–H groups in total. The Labute approximate surface area is 143 Å². The Morgan fingerprint density at radius 2 is 1.92 bits per heavy atom. The molecule has 0 saturated carbocycles. The summed E-state index contributed by atoms with van der Waals surface area (Å²) in [7, 11) is 2.09. The van der Waals surface area contributed by atoms with Crippen molar-refractivity contribution in [3.63, 3.8) is 0 Å². The maximum absolute atomic E-state index is 4.77. The van der Waals surface area contributed by atoms with Crippen LogP contribution in [-0.2, 0) is 13.6 Å². The molecule has 0 bridgehead atoms. The van der Waals surface area contributed by atoms with Gasteiger partial charge in [0.05, 0.1) is 22.8 Å². The zero-order valence-electron chi connectivity index (χ0n) is 15.2. The van der Waals surface area contributed by atoms with Crippen LogP contribution in [-0.4, -0.2) is 25.9 Å². The van der Waals surface area contributed by atoms with E-state index in [1.807, 2.05) is 13.0 Å². The molecule has 0 amide bonds. The molecule has 24 heavy (non-hydrogen) atoms. The van der Waals surface area contributed by atoms with Gasteiger partial charge in [0.1, 0.15) is 5.82 Å². The SMILES string of the molecule is Cc1cc(C)n(CC(C)CNC(C)c2nc3ccccc3n2C)n1. The number of aromatic nitrogens is 4. The van der Waals surface area contributed by atoms with Crippen LogP contribution in [0.15, 0.2) is 30.3 Å². The Morgan fingerprint density at radius 1 is 1.17 bits per heavy atom. The molecule has 0 spiro atoms. The van der Waals surface area contributed by atoms with E-state index >= 15 is 0 Å². The summed E-state index contributed by atoms with van der Waals surface area (Å²) in [6.45, 7) is 10.5. The number of hydrogen-bond acceptors (Lipinski definition) is 3. The van der Waals surface area contributed by atoms with Crippen molar-refractivity contribution in [3.05, 3.63) is 47.5 Å². The minimum absolute atomic E-state index is 0.213. The molecule has 5 heteroatoms. The van der Waals surface area contributed by atoms with Gasteiger partial charge in [0, 0.05) is 25.8 Å². The third-order valence-corrected chi connectivity index (χ3v) is 4.57. The van der Waals surface area contributed by atoms with E-state index in [4.69, 9.17) is 4.98 Å². The molecule has 2 unspecified atom stereocenters. The van der Waals surface area contributed by atoms with Gasteiger partial charge in [-0.2, -0.15) is 5.10 Å². The lowest BCUT2D eigenvalue weighted by atomic mass is 10.1. The lowest BCUT2D eigenvalue weighted by Gasteiger charge is -2.18. The first-order chi connectivity index (χ1) is 11.5. The fraction of sp³-hybridized carbons (Fsp3) is 0.474. The number of benzene rings is 1. The number of hydrogen-bond donors (Lipinski definition) is 1. The van der Waals surface area contributed by atoms with Crippen molar-refractivity contribution in [3.8, 4) is 0 Å². The van der Waals surface area contributed by atoms with Gasteiger partial charge < -0.3 is 9.88 Å². The maximum Gasteiger partial charge on any atom is 0.126 e. The molecule has 2 aromatic heterocycles. The largest absolute Gasteiger partial charge is 0.330 e. The minimum atomic E-state index is 0.213. The molecule has 0 radical (unpaired) electrons. The van der Waals surface area contributed by atoms with Crippen LogP contribution >= 0.6 is 0 Å². The highest BCUT2D eigenvalue weighted by molar-refractivity contribution is 5.75. The Bertz CT molecular complexity index is 830. The number of nitrogens with zero attached hydrogens (tertiary/aromatic N) is 4. The Hall–Kier alpha value is -2.14. The predicted octanol–water partition coefficient (Wildman–Crippen LogP) is 3.37. The number of rotatable bonds is 6. The second kappa shape index (κ2) is 6.77. The third kappa shape index (κ3) is 3.36. The molecule has 0 aliphatic carbocycles. The summed E-state index contributed by atoms with van der Waals surface area (Å²) >= 11 is 0. The van der Waals surface area contributed by atoms with Gasteiger partial charge in [-0.3, -0.25) is 4.68 Å². The second-order valence-electron chi connectivity index (χ2n) is 6.86. The normalized spacial score (nSPS) is 14.2. The summed E-state index contributed by atoms with van der Waals surface area (Å²) in [4.78, 5) is 4.77. The molecule has 0 fully saturated rings. The molecule has 3 aromatic rings. The summed E-state index contributed by atoms with van der Waals surface area (Å²) in [6.07, 6.45) is 0. The quantitative estimate of drug-likeness (QED) is 0.756. The molecule has 128 valence electrons. The van der Waals surface area contributed by atoms with Crippen molar-refractivity contribution in [2.45, 2.75) is 40.3 Å². The van der Waals surface area contributed by atoms with Crippen molar-refractivity contribution in [2.24, 2.45) is 13.0 Å². The van der Waals surface area contributed by atoms with Gasteiger partial charge in [-0.25, -0.2) is 4.98 Å². The van der Waals surface area contributed by atoms with Crippen LogP contribution in [0.3, 0.4) is 0 Å². The van der Waals surface area contributed by atoms with Crippen LogP contribution in [0.1, 0.15) is 37.1 Å². The lowest BCUT2D eigenvalue weighted by molar-refractivity contribution is 0.391. The average Bonchev–Trinajstić information content (AvgIpc) is 3.05. The van der Waals surface area contributed by atoms with Crippen LogP contribution in [0.25, 0.3) is 11.0 Å². The van der Waals surface area contributed by atoms with E-state index in [1.165, 1.54) is 11.2 Å². The molecular weight excluding hydrogens is 298 g/mol. The van der Waals surface area contributed by atoms with E-state index < -0.39 is 0 Å². The van der Waals surface area contributed by atoms with Crippen LogP contribution in [0, 0.1) is 19.8 Å². The predicted molar refractivity (Wildman–Crippen MR) is 98.0 cm³/mol. The van der Waals surface area contributed by atoms with E-state index in [0.717, 1.165) is 30.1 Å². The molecule has 2 atom stereocenters. The molecule has 0 saturated heterocycles. The summed E-state index contributed by atoms with van der Waals surface area (Å²) in [5.41, 5.74) is 4.54. The summed E-state index contributed by atoms with van der Waals surface area (Å²) < 4.78 is 4.28. The highest BCUT2D eigenvalue weighted by atomic mass is 15.3. The van der Waals surface area contributed by atoms with Crippen LogP contribution in [0.2, 0.25) is 0 Å². The van der Waals surface area contributed by atoms with Gasteiger partial charge in [-0.05, 0) is 44.9 Å². The fourth-order valence-electron chi connectivity index (χ4n) is 3.24. The molecule has 2 heterocycles. The van der Waals surface area contributed by atoms with Crippen molar-refractivity contribution < 1.29 is 0 Å². The zero-order valence-corrected chi connectivity index (χ0v) is 15.2. The van der Waals surface area contributed by atoms with Crippen molar-refractivity contribution in [2.75, 3.05) is 6.54 Å². The van der Waals surface area contributed by atoms with E-state index in [0.29, 0.717) is 5.92 Å². The van der Waals surface area contributed by atoms with Crippen molar-refractivity contribution in [1.82, 2.24) is 24.6 Å². The van der Waals surface area contributed by atoms with Gasteiger partial charge in [0.15, 0.2) is 0 Å². The number of para-hydroxylation sites is 2. The Morgan fingerprint density at radius 3 is 2.58 bits per heavy atom. The van der Waals surface area contributed by atoms with Gasteiger partial charge in [0.25, 0.3) is 0 Å². The van der Waals surface area contributed by atoms with Crippen LogP contribution in [0.5, 0.6) is 0 Å². The zero-order chi connectivity index (χ0) is 17.3. The van der Waals surface area contributed by atoms with Crippen molar-refractivity contribution >= 4 is 11.0 Å². The Balaban J connectivity index is 1.63. The molecule has 0 aliphatic rings. The van der Waals surface area contributed by atoms with Crippen molar-refractivity contribution in [1.29, 1.82) is 0 Å². The van der Waals surface area contributed by atoms with E-state index in [1.54, 1.807) is 0 Å². The van der Waals surface area contributed by atoms with E-state index in [9.17, 15) is 0 Å². The summed E-state index contributed by atoms with van der Waals surface area (Å²) in [5, 5.41) is 8.17. The van der Waals surface area contributed by atoms with E-state index in [2.05, 4.69) is 71.7 Å². The highest BCUT2D eigenvalue weighted by Gasteiger charge is 2.15. The third-order valence-electron chi connectivity index (χ3n) is 4.57. The minimum Gasteiger partial charge on any atom is -0.330 e.